The number of amides is 2. The van der Waals surface area contributed by atoms with Crippen molar-refractivity contribution in [3.05, 3.63) is 95.2 Å². The van der Waals surface area contributed by atoms with Crippen molar-refractivity contribution in [2.75, 3.05) is 32.8 Å². The molecule has 0 bridgehead atoms. The molecule has 0 spiro atoms. The second kappa shape index (κ2) is 10.4. The number of ether oxygens (including phenoxy) is 1. The standard InChI is InChI=1S/C27H28FN3O4/c28-22-8-3-7-20(15-22)24(30-10-13-34-14-11-30)17-29-26(32)23-16-19-5-1-2-6-21(19)18-31(23)27(33)25-9-4-12-35-25/h1-9,12,15,23-24H,10-11,13-14,16-18H2,(H,29,32). The minimum Gasteiger partial charge on any atom is -0.459 e. The molecule has 0 radical (unpaired) electrons. The number of furan rings is 1. The van der Waals surface area contributed by atoms with Gasteiger partial charge in [0.25, 0.3) is 5.91 Å². The first-order valence-electron chi connectivity index (χ1n) is 11.9. The summed E-state index contributed by atoms with van der Waals surface area (Å²) in [5.41, 5.74) is 2.86. The van der Waals surface area contributed by atoms with Gasteiger partial charge in [0.05, 0.1) is 25.5 Å². The van der Waals surface area contributed by atoms with Crippen molar-refractivity contribution >= 4 is 11.8 Å². The summed E-state index contributed by atoms with van der Waals surface area (Å²) in [6, 6.07) is 16.7. The first kappa shape index (κ1) is 23.3. The number of fused-ring (bicyclic) bond motifs is 1. The Labute approximate surface area is 203 Å². The number of benzene rings is 2. The minimum atomic E-state index is -0.680. The molecule has 3 heterocycles. The second-order valence-corrected chi connectivity index (χ2v) is 8.86. The summed E-state index contributed by atoms with van der Waals surface area (Å²) in [6.45, 7) is 3.18. The van der Waals surface area contributed by atoms with Crippen LogP contribution in [-0.2, 0) is 22.5 Å². The highest BCUT2D eigenvalue weighted by Gasteiger charge is 2.36. The van der Waals surface area contributed by atoms with Crippen LogP contribution in [0.1, 0.15) is 33.3 Å². The lowest BCUT2D eigenvalue weighted by molar-refractivity contribution is -0.126. The van der Waals surface area contributed by atoms with Crippen LogP contribution in [0.5, 0.6) is 0 Å². The molecule has 35 heavy (non-hydrogen) atoms. The zero-order valence-electron chi connectivity index (χ0n) is 19.4. The lowest BCUT2D eigenvalue weighted by Crippen LogP contribution is -2.54. The fraction of sp³-hybridized carbons (Fsp3) is 0.333. The number of morpholine rings is 1. The highest BCUT2D eigenvalue weighted by atomic mass is 19.1. The predicted molar refractivity (Wildman–Crippen MR) is 127 cm³/mol. The molecule has 1 fully saturated rings. The highest BCUT2D eigenvalue weighted by molar-refractivity contribution is 5.96. The van der Waals surface area contributed by atoms with Crippen molar-refractivity contribution < 1.29 is 23.1 Å². The van der Waals surface area contributed by atoms with Crippen molar-refractivity contribution in [2.24, 2.45) is 0 Å². The third-order valence-corrected chi connectivity index (χ3v) is 6.73. The summed E-state index contributed by atoms with van der Waals surface area (Å²) >= 11 is 0. The van der Waals surface area contributed by atoms with Gasteiger partial charge in [-0.2, -0.15) is 0 Å². The quantitative estimate of drug-likeness (QED) is 0.590. The van der Waals surface area contributed by atoms with Crippen molar-refractivity contribution in [3.8, 4) is 0 Å². The maximum absolute atomic E-state index is 14.0. The number of rotatable bonds is 6. The van der Waals surface area contributed by atoms with Crippen LogP contribution in [-0.4, -0.2) is 60.5 Å². The molecule has 2 atom stereocenters. The van der Waals surface area contributed by atoms with E-state index >= 15 is 0 Å². The van der Waals surface area contributed by atoms with E-state index in [9.17, 15) is 14.0 Å². The van der Waals surface area contributed by atoms with E-state index in [1.807, 2.05) is 30.3 Å². The first-order valence-corrected chi connectivity index (χ1v) is 11.9. The molecule has 7 nitrogen and oxygen atoms in total. The smallest absolute Gasteiger partial charge is 0.290 e. The second-order valence-electron chi connectivity index (χ2n) is 8.86. The molecule has 2 aliphatic rings. The molecule has 2 unspecified atom stereocenters. The van der Waals surface area contributed by atoms with Crippen LogP contribution in [0, 0.1) is 5.82 Å². The van der Waals surface area contributed by atoms with E-state index in [4.69, 9.17) is 9.15 Å². The Bertz CT molecular complexity index is 1180. The van der Waals surface area contributed by atoms with Gasteiger partial charge < -0.3 is 19.4 Å². The average molecular weight is 478 g/mol. The van der Waals surface area contributed by atoms with E-state index in [-0.39, 0.29) is 29.4 Å². The van der Waals surface area contributed by atoms with Gasteiger partial charge in [-0.3, -0.25) is 14.5 Å². The van der Waals surface area contributed by atoms with Crippen LogP contribution >= 0.6 is 0 Å². The van der Waals surface area contributed by atoms with Crippen LogP contribution in [0.4, 0.5) is 4.39 Å². The van der Waals surface area contributed by atoms with Gasteiger partial charge in [0, 0.05) is 32.6 Å². The summed E-state index contributed by atoms with van der Waals surface area (Å²) in [4.78, 5) is 30.5. The average Bonchev–Trinajstić information content (AvgIpc) is 3.43. The molecule has 2 aliphatic heterocycles. The van der Waals surface area contributed by atoms with Crippen molar-refractivity contribution in [1.82, 2.24) is 15.1 Å². The van der Waals surface area contributed by atoms with Gasteiger partial charge in [0.2, 0.25) is 5.91 Å². The van der Waals surface area contributed by atoms with E-state index in [1.165, 1.54) is 18.4 Å². The van der Waals surface area contributed by atoms with Crippen molar-refractivity contribution in [1.29, 1.82) is 0 Å². The molecule has 5 rings (SSSR count). The number of carbonyl (C=O) groups is 2. The van der Waals surface area contributed by atoms with Crippen LogP contribution in [0.3, 0.4) is 0 Å². The third-order valence-electron chi connectivity index (χ3n) is 6.73. The number of carbonyl (C=O) groups excluding carboxylic acids is 2. The fourth-order valence-corrected chi connectivity index (χ4v) is 4.89. The number of halogens is 1. The largest absolute Gasteiger partial charge is 0.459 e. The highest BCUT2D eigenvalue weighted by Crippen LogP contribution is 2.26. The zero-order valence-corrected chi connectivity index (χ0v) is 19.4. The molecule has 1 aromatic heterocycles. The number of hydrogen-bond donors (Lipinski definition) is 1. The van der Waals surface area contributed by atoms with Gasteiger partial charge in [-0.1, -0.05) is 36.4 Å². The van der Waals surface area contributed by atoms with Crippen molar-refractivity contribution in [2.45, 2.75) is 25.0 Å². The zero-order chi connectivity index (χ0) is 24.2. The Balaban J connectivity index is 1.37. The summed E-state index contributed by atoms with van der Waals surface area (Å²) in [7, 11) is 0. The van der Waals surface area contributed by atoms with Crippen LogP contribution in [0.2, 0.25) is 0 Å². The third kappa shape index (κ3) is 5.13. The lowest BCUT2D eigenvalue weighted by atomic mass is 9.93. The van der Waals surface area contributed by atoms with Crippen LogP contribution < -0.4 is 5.32 Å². The maximum atomic E-state index is 14.0. The number of hydrogen-bond acceptors (Lipinski definition) is 5. The minimum absolute atomic E-state index is 0.202. The Morgan fingerprint density at radius 2 is 1.83 bits per heavy atom. The normalized spacial score (nSPS) is 19.1. The van der Waals surface area contributed by atoms with Gasteiger partial charge >= 0.3 is 0 Å². The Kier molecular flexibility index (Phi) is 6.92. The first-order chi connectivity index (χ1) is 17.1. The molecule has 8 heteroatoms. The van der Waals surface area contributed by atoms with E-state index < -0.39 is 6.04 Å². The topological polar surface area (TPSA) is 75.0 Å². The van der Waals surface area contributed by atoms with Gasteiger partial charge in [0.1, 0.15) is 11.9 Å². The molecular weight excluding hydrogens is 449 g/mol. The van der Waals surface area contributed by atoms with Gasteiger partial charge in [-0.15, -0.1) is 0 Å². The Morgan fingerprint density at radius 3 is 2.57 bits per heavy atom. The van der Waals surface area contributed by atoms with E-state index in [0.29, 0.717) is 45.8 Å². The molecule has 1 saturated heterocycles. The van der Waals surface area contributed by atoms with Crippen molar-refractivity contribution in [3.63, 3.8) is 0 Å². The summed E-state index contributed by atoms with van der Waals surface area (Å²) in [6.07, 6.45) is 1.86. The van der Waals surface area contributed by atoms with Gasteiger partial charge in [-0.05, 0) is 41.0 Å². The Morgan fingerprint density at radius 1 is 1.03 bits per heavy atom. The SMILES string of the molecule is O=C(NCC(c1cccc(F)c1)N1CCOCC1)C1Cc2ccccc2CN1C(=O)c1ccco1. The molecule has 3 aromatic rings. The maximum Gasteiger partial charge on any atom is 0.290 e. The number of nitrogens with zero attached hydrogens (tertiary/aromatic N) is 2. The number of nitrogens with one attached hydrogen (secondary N) is 1. The molecular formula is C27H28FN3O4. The fourth-order valence-electron chi connectivity index (χ4n) is 4.89. The molecule has 0 aliphatic carbocycles. The van der Waals surface area contributed by atoms with E-state index in [2.05, 4.69) is 10.2 Å². The monoisotopic (exact) mass is 477 g/mol. The summed E-state index contributed by atoms with van der Waals surface area (Å²) in [5.74, 6) is -0.673. The molecule has 1 N–H and O–H groups in total. The van der Waals surface area contributed by atoms with Crippen LogP contribution in [0.25, 0.3) is 0 Å². The Hall–Kier alpha value is -3.49. The molecule has 2 amide bonds. The van der Waals surface area contributed by atoms with E-state index in [0.717, 1.165) is 16.7 Å². The molecule has 182 valence electrons. The predicted octanol–water partition coefficient (Wildman–Crippen LogP) is 3.18. The lowest BCUT2D eigenvalue weighted by Gasteiger charge is -2.37. The van der Waals surface area contributed by atoms with Gasteiger partial charge in [0.15, 0.2) is 5.76 Å². The molecule has 0 saturated carbocycles. The van der Waals surface area contributed by atoms with Gasteiger partial charge in [-0.25, -0.2) is 4.39 Å². The van der Waals surface area contributed by atoms with Crippen LogP contribution in [0.15, 0.2) is 71.3 Å². The summed E-state index contributed by atoms with van der Waals surface area (Å²) in [5, 5.41) is 3.06. The summed E-state index contributed by atoms with van der Waals surface area (Å²) < 4.78 is 24.8. The van der Waals surface area contributed by atoms with E-state index in [1.54, 1.807) is 23.1 Å². The molecule has 2 aromatic carbocycles.